The molecule has 0 aliphatic carbocycles. The third-order valence-corrected chi connectivity index (χ3v) is 3.36. The van der Waals surface area contributed by atoms with Gasteiger partial charge in [-0.3, -0.25) is 4.79 Å². The molecule has 0 aromatic heterocycles. The summed E-state index contributed by atoms with van der Waals surface area (Å²) in [5.74, 6) is -0.430. The number of amides is 3. The number of primary amides is 1. The lowest BCUT2D eigenvalue weighted by Gasteiger charge is -2.23. The smallest absolute Gasteiger partial charge is 0.313 e. The van der Waals surface area contributed by atoms with Gasteiger partial charge in [0.05, 0.1) is 6.61 Å². The van der Waals surface area contributed by atoms with Gasteiger partial charge in [0.2, 0.25) is 5.91 Å². The molecule has 1 fully saturated rings. The predicted molar refractivity (Wildman–Crippen MR) is 75.3 cm³/mol. The number of carbonyl (C=O) groups excluding carboxylic acids is 2. The largest absolute Gasteiger partial charge is 0.386 e. The van der Waals surface area contributed by atoms with Crippen LogP contribution in [0.2, 0.25) is 0 Å². The first kappa shape index (κ1) is 15.3. The number of benzene rings is 1. The van der Waals surface area contributed by atoms with Gasteiger partial charge in [-0.2, -0.15) is 0 Å². The maximum atomic E-state index is 12.2. The highest BCUT2D eigenvalue weighted by Gasteiger charge is 2.33. The highest BCUT2D eigenvalue weighted by molar-refractivity contribution is 5.87. The average molecular weight is 293 g/mol. The van der Waals surface area contributed by atoms with Crippen molar-refractivity contribution >= 4 is 11.9 Å². The number of nitrogens with two attached hydrogens (primary N) is 1. The van der Waals surface area contributed by atoms with Gasteiger partial charge in [0.15, 0.2) is 0 Å². The maximum Gasteiger partial charge on any atom is 0.313 e. The molecule has 1 saturated heterocycles. The number of aliphatic hydroxyl groups is 1. The molecule has 2 rings (SSSR count). The van der Waals surface area contributed by atoms with Crippen molar-refractivity contribution in [2.24, 2.45) is 5.73 Å². The lowest BCUT2D eigenvalue weighted by molar-refractivity contribution is -0.124. The number of hydrogen-bond donors (Lipinski definition) is 4. The van der Waals surface area contributed by atoms with E-state index in [1.165, 1.54) is 0 Å². The van der Waals surface area contributed by atoms with E-state index in [0.29, 0.717) is 18.6 Å². The second kappa shape index (κ2) is 6.55. The number of hydrogen-bond acceptors (Lipinski definition) is 4. The summed E-state index contributed by atoms with van der Waals surface area (Å²) in [7, 11) is 0. The molecule has 2 atom stereocenters. The van der Waals surface area contributed by atoms with Crippen molar-refractivity contribution in [1.29, 1.82) is 0 Å². The van der Waals surface area contributed by atoms with Gasteiger partial charge in [-0.25, -0.2) is 4.79 Å². The number of ether oxygens (including phenoxy) is 1. The van der Waals surface area contributed by atoms with Crippen LogP contribution in [-0.4, -0.2) is 42.4 Å². The Morgan fingerprint density at radius 2 is 2.10 bits per heavy atom. The molecule has 0 spiro atoms. The fourth-order valence-corrected chi connectivity index (χ4v) is 2.18. The number of carbonyl (C=O) groups is 2. The first-order valence-corrected chi connectivity index (χ1v) is 6.69. The van der Waals surface area contributed by atoms with Crippen LogP contribution in [0.25, 0.3) is 0 Å². The zero-order chi connectivity index (χ0) is 15.3. The van der Waals surface area contributed by atoms with E-state index >= 15 is 0 Å². The molecule has 21 heavy (non-hydrogen) atoms. The van der Waals surface area contributed by atoms with E-state index in [4.69, 9.17) is 10.5 Å². The average Bonchev–Trinajstić information content (AvgIpc) is 2.90. The number of urea groups is 1. The van der Waals surface area contributed by atoms with Crippen LogP contribution in [0, 0.1) is 0 Å². The topological polar surface area (TPSA) is 114 Å². The molecule has 1 aromatic carbocycles. The van der Waals surface area contributed by atoms with Crippen molar-refractivity contribution in [3.63, 3.8) is 0 Å². The quantitative estimate of drug-likeness (QED) is 0.595. The highest BCUT2D eigenvalue weighted by Crippen LogP contribution is 2.18. The van der Waals surface area contributed by atoms with Crippen LogP contribution in [0.15, 0.2) is 30.3 Å². The second-order valence-electron chi connectivity index (χ2n) is 5.10. The first-order valence-electron chi connectivity index (χ1n) is 6.69. The van der Waals surface area contributed by atoms with Crippen LogP contribution >= 0.6 is 0 Å². The van der Waals surface area contributed by atoms with Crippen molar-refractivity contribution < 1.29 is 19.4 Å². The monoisotopic (exact) mass is 293 g/mol. The van der Waals surface area contributed by atoms with Gasteiger partial charge in [0.25, 0.3) is 0 Å². The van der Waals surface area contributed by atoms with Gasteiger partial charge >= 0.3 is 6.03 Å². The second-order valence-corrected chi connectivity index (χ2v) is 5.10. The zero-order valence-electron chi connectivity index (χ0n) is 11.5. The Hall–Kier alpha value is -2.12. The van der Waals surface area contributed by atoms with Gasteiger partial charge in [-0.1, -0.05) is 30.3 Å². The minimum atomic E-state index is -1.05. The van der Waals surface area contributed by atoms with Gasteiger partial charge in [0, 0.05) is 19.6 Å². The van der Waals surface area contributed by atoms with E-state index in [0.717, 1.165) is 0 Å². The molecule has 5 N–H and O–H groups in total. The van der Waals surface area contributed by atoms with Crippen LogP contribution in [0.3, 0.4) is 0 Å². The van der Waals surface area contributed by atoms with E-state index in [2.05, 4.69) is 10.6 Å². The lowest BCUT2D eigenvalue weighted by atomic mass is 10.0. The Labute approximate surface area is 122 Å². The van der Waals surface area contributed by atoms with Gasteiger partial charge < -0.3 is 26.2 Å². The summed E-state index contributed by atoms with van der Waals surface area (Å²) in [5, 5.41) is 15.2. The van der Waals surface area contributed by atoms with Crippen molar-refractivity contribution in [2.45, 2.75) is 18.1 Å². The van der Waals surface area contributed by atoms with Crippen LogP contribution in [0.1, 0.15) is 18.0 Å². The number of nitrogens with one attached hydrogen (secondary N) is 2. The fraction of sp³-hybridized carbons (Fsp3) is 0.429. The van der Waals surface area contributed by atoms with Gasteiger partial charge in [-0.15, -0.1) is 0 Å². The summed E-state index contributed by atoms with van der Waals surface area (Å²) < 4.78 is 5.11. The fourth-order valence-electron chi connectivity index (χ4n) is 2.18. The van der Waals surface area contributed by atoms with E-state index in [-0.39, 0.29) is 13.2 Å². The zero-order valence-corrected chi connectivity index (χ0v) is 11.5. The molecule has 1 heterocycles. The summed E-state index contributed by atoms with van der Waals surface area (Å²) in [4.78, 5) is 23.3. The molecule has 0 bridgehead atoms. The summed E-state index contributed by atoms with van der Waals surface area (Å²) in [6.45, 7) is 0.718. The van der Waals surface area contributed by atoms with Crippen molar-refractivity contribution in [1.82, 2.24) is 10.6 Å². The SMILES string of the molecule is NC(=O)NC(C(=O)NCC1(O)CCOC1)c1ccccc1. The standard InChI is InChI=1S/C14H19N3O4/c15-13(19)17-11(10-4-2-1-3-5-10)12(18)16-8-14(20)6-7-21-9-14/h1-5,11,20H,6-9H2,(H,16,18)(H3,15,17,19). The normalized spacial score (nSPS) is 22.5. The molecule has 0 saturated carbocycles. The maximum absolute atomic E-state index is 12.2. The van der Waals surface area contributed by atoms with E-state index < -0.39 is 23.6 Å². The first-order chi connectivity index (χ1) is 10.0. The minimum Gasteiger partial charge on any atom is -0.386 e. The Balaban J connectivity index is 2.02. The molecule has 3 amide bonds. The van der Waals surface area contributed by atoms with Crippen molar-refractivity contribution in [3.05, 3.63) is 35.9 Å². The minimum absolute atomic E-state index is 0.0651. The van der Waals surface area contributed by atoms with Gasteiger partial charge in [0.1, 0.15) is 11.6 Å². The van der Waals surface area contributed by atoms with Crippen LogP contribution in [-0.2, 0) is 9.53 Å². The summed E-state index contributed by atoms with van der Waals surface area (Å²) >= 11 is 0. The predicted octanol–water partition coefficient (Wildman–Crippen LogP) is -0.336. The molecule has 1 aromatic rings. The molecule has 7 heteroatoms. The Kier molecular flexibility index (Phi) is 4.77. The summed E-state index contributed by atoms with van der Waals surface area (Å²) in [6.07, 6.45) is 0.465. The summed E-state index contributed by atoms with van der Waals surface area (Å²) in [6, 6.07) is 7.08. The highest BCUT2D eigenvalue weighted by atomic mass is 16.5. The van der Waals surface area contributed by atoms with E-state index in [1.54, 1.807) is 30.3 Å². The van der Waals surface area contributed by atoms with Gasteiger partial charge in [-0.05, 0) is 5.56 Å². The summed E-state index contributed by atoms with van der Waals surface area (Å²) in [5.41, 5.74) is 4.68. The molecule has 1 aliphatic heterocycles. The third-order valence-electron chi connectivity index (χ3n) is 3.36. The Morgan fingerprint density at radius 3 is 2.67 bits per heavy atom. The molecule has 0 radical (unpaired) electrons. The molecule has 2 unspecified atom stereocenters. The van der Waals surface area contributed by atoms with Crippen LogP contribution in [0.4, 0.5) is 4.79 Å². The van der Waals surface area contributed by atoms with Crippen LogP contribution < -0.4 is 16.4 Å². The molecule has 114 valence electrons. The molecular formula is C14H19N3O4. The Bertz CT molecular complexity index is 500. The van der Waals surface area contributed by atoms with Crippen molar-refractivity contribution in [3.8, 4) is 0 Å². The lowest BCUT2D eigenvalue weighted by Crippen LogP contribution is -2.48. The van der Waals surface area contributed by atoms with Crippen LogP contribution in [0.5, 0.6) is 0 Å². The number of rotatable bonds is 5. The van der Waals surface area contributed by atoms with E-state index in [1.807, 2.05) is 0 Å². The molecule has 7 nitrogen and oxygen atoms in total. The van der Waals surface area contributed by atoms with E-state index in [9.17, 15) is 14.7 Å². The van der Waals surface area contributed by atoms with Crippen molar-refractivity contribution in [2.75, 3.05) is 19.8 Å². The molecule has 1 aliphatic rings. The third kappa shape index (κ3) is 4.17. The Morgan fingerprint density at radius 1 is 1.38 bits per heavy atom. The molecular weight excluding hydrogens is 274 g/mol.